The molecule has 1 atom stereocenters. The number of carbonyl (C=O) groups excluding carboxylic acids is 2. The monoisotopic (exact) mass is 396 g/mol. The first kappa shape index (κ1) is 21.1. The zero-order valence-electron chi connectivity index (χ0n) is 14.9. The minimum atomic E-state index is -4.64. The minimum absolute atomic E-state index is 0.0159. The summed E-state index contributed by atoms with van der Waals surface area (Å²) in [5.41, 5.74) is -1.50. The molecule has 0 heterocycles. The molecule has 0 fully saturated rings. The van der Waals surface area contributed by atoms with E-state index >= 15 is 0 Å². The van der Waals surface area contributed by atoms with Gasteiger partial charge in [0, 0.05) is 13.1 Å². The van der Waals surface area contributed by atoms with Crippen molar-refractivity contribution in [2.75, 3.05) is 13.1 Å². The Kier molecular flexibility index (Phi) is 6.86. The molecule has 0 aliphatic heterocycles. The molecule has 0 aromatic heterocycles. The van der Waals surface area contributed by atoms with Gasteiger partial charge in [-0.25, -0.2) is 0 Å². The van der Waals surface area contributed by atoms with Crippen molar-refractivity contribution in [1.82, 2.24) is 10.6 Å². The maximum Gasteiger partial charge on any atom is 0.417 e. The number of carbonyl (C=O) groups is 2. The molecule has 2 amide bonds. The van der Waals surface area contributed by atoms with E-state index in [1.54, 1.807) is 0 Å². The summed E-state index contributed by atoms with van der Waals surface area (Å²) in [6.07, 6.45) is -5.48. The van der Waals surface area contributed by atoms with Crippen molar-refractivity contribution in [3.8, 4) is 11.5 Å². The highest BCUT2D eigenvalue weighted by Gasteiger charge is 2.34. The molecule has 0 saturated carbocycles. The molecule has 2 aromatic carbocycles. The molecule has 0 saturated heterocycles. The fraction of sp³-hybridized carbons (Fsp3) is 0.263. The van der Waals surface area contributed by atoms with Gasteiger partial charge in [0.25, 0.3) is 11.8 Å². The van der Waals surface area contributed by atoms with E-state index in [1.807, 2.05) is 0 Å². The van der Waals surface area contributed by atoms with Gasteiger partial charge >= 0.3 is 6.18 Å². The number of alkyl halides is 3. The van der Waals surface area contributed by atoms with E-state index in [2.05, 4.69) is 10.6 Å². The largest absolute Gasteiger partial charge is 0.508 e. The van der Waals surface area contributed by atoms with Crippen LogP contribution in [-0.4, -0.2) is 36.1 Å². The van der Waals surface area contributed by atoms with Gasteiger partial charge in [-0.3, -0.25) is 9.59 Å². The summed E-state index contributed by atoms with van der Waals surface area (Å²) in [6, 6.07) is 10.3. The van der Waals surface area contributed by atoms with Crippen LogP contribution in [0.3, 0.4) is 0 Å². The Morgan fingerprint density at radius 1 is 1.04 bits per heavy atom. The van der Waals surface area contributed by atoms with E-state index < -0.39 is 35.2 Å². The first-order valence-corrected chi connectivity index (χ1v) is 8.36. The van der Waals surface area contributed by atoms with Crippen LogP contribution in [0.1, 0.15) is 22.8 Å². The third-order valence-corrected chi connectivity index (χ3v) is 3.71. The lowest BCUT2D eigenvalue weighted by molar-refractivity contribution is -0.138. The second-order valence-corrected chi connectivity index (χ2v) is 5.84. The maximum absolute atomic E-state index is 12.9. The second kappa shape index (κ2) is 9.12. The highest BCUT2D eigenvalue weighted by Crippen LogP contribution is 2.31. The first-order valence-electron chi connectivity index (χ1n) is 8.36. The lowest BCUT2D eigenvalue weighted by Gasteiger charge is -2.15. The van der Waals surface area contributed by atoms with Crippen LogP contribution in [0, 0.1) is 0 Å². The Morgan fingerprint density at radius 2 is 1.64 bits per heavy atom. The number of nitrogens with one attached hydrogen (secondary N) is 2. The fourth-order valence-corrected chi connectivity index (χ4v) is 2.31. The number of halogens is 3. The summed E-state index contributed by atoms with van der Waals surface area (Å²) >= 11 is 0. The molecule has 0 bridgehead atoms. The highest BCUT2D eigenvalue weighted by molar-refractivity contribution is 5.95. The smallest absolute Gasteiger partial charge is 0.417 e. The Hall–Kier alpha value is -3.23. The van der Waals surface area contributed by atoms with Gasteiger partial charge in [0.15, 0.2) is 6.10 Å². The molecule has 0 radical (unpaired) electrons. The number of hydrogen-bond acceptors (Lipinski definition) is 4. The summed E-state index contributed by atoms with van der Waals surface area (Å²) < 4.78 is 44.2. The Bertz CT molecular complexity index is 823. The summed E-state index contributed by atoms with van der Waals surface area (Å²) in [5, 5.41) is 14.1. The van der Waals surface area contributed by atoms with Crippen LogP contribution in [0.4, 0.5) is 13.2 Å². The predicted molar refractivity (Wildman–Crippen MR) is 95.0 cm³/mol. The molecule has 0 aliphatic carbocycles. The van der Waals surface area contributed by atoms with Crippen LogP contribution >= 0.6 is 0 Å². The van der Waals surface area contributed by atoms with Crippen LogP contribution in [-0.2, 0) is 11.0 Å². The molecule has 2 rings (SSSR count). The van der Waals surface area contributed by atoms with E-state index in [1.165, 1.54) is 43.3 Å². The molecule has 28 heavy (non-hydrogen) atoms. The van der Waals surface area contributed by atoms with E-state index in [-0.39, 0.29) is 18.8 Å². The van der Waals surface area contributed by atoms with Crippen molar-refractivity contribution >= 4 is 11.8 Å². The molecule has 0 spiro atoms. The van der Waals surface area contributed by atoms with Gasteiger partial charge in [-0.2, -0.15) is 13.2 Å². The zero-order chi connectivity index (χ0) is 20.7. The number of phenolic OH excluding ortho intramolecular Hbond substituents is 1. The molecule has 3 N–H and O–H groups in total. The molecule has 2 aromatic rings. The molecule has 9 heteroatoms. The third-order valence-electron chi connectivity index (χ3n) is 3.71. The Morgan fingerprint density at radius 3 is 2.29 bits per heavy atom. The van der Waals surface area contributed by atoms with Crippen molar-refractivity contribution in [1.29, 1.82) is 0 Å². The predicted octanol–water partition coefficient (Wildman–Crippen LogP) is 2.72. The SMILES string of the molecule is CC(Oc1ccc(O)cc1)C(=O)NCCNC(=O)c1ccccc1C(F)(F)F. The van der Waals surface area contributed by atoms with Crippen LogP contribution < -0.4 is 15.4 Å². The number of amides is 2. The zero-order valence-corrected chi connectivity index (χ0v) is 14.9. The van der Waals surface area contributed by atoms with E-state index in [0.29, 0.717) is 5.75 Å². The average Bonchev–Trinajstić information content (AvgIpc) is 2.66. The fourth-order valence-electron chi connectivity index (χ4n) is 2.31. The lowest BCUT2D eigenvalue weighted by Crippen LogP contribution is -2.40. The van der Waals surface area contributed by atoms with Crippen LogP contribution in [0.2, 0.25) is 0 Å². The van der Waals surface area contributed by atoms with E-state index in [9.17, 15) is 27.9 Å². The lowest BCUT2D eigenvalue weighted by atomic mass is 10.1. The summed E-state index contributed by atoms with van der Waals surface area (Å²) in [4.78, 5) is 24.0. The quantitative estimate of drug-likeness (QED) is 0.628. The van der Waals surface area contributed by atoms with Gasteiger partial charge in [-0.05, 0) is 43.3 Å². The van der Waals surface area contributed by atoms with E-state index in [4.69, 9.17) is 4.74 Å². The van der Waals surface area contributed by atoms with Gasteiger partial charge in [-0.15, -0.1) is 0 Å². The molecular formula is C19H19F3N2O4. The summed E-state index contributed by atoms with van der Waals surface area (Å²) in [7, 11) is 0. The van der Waals surface area contributed by atoms with Crippen molar-refractivity contribution < 1.29 is 32.6 Å². The molecule has 150 valence electrons. The Labute approximate surface area is 159 Å². The normalized spacial score (nSPS) is 12.1. The maximum atomic E-state index is 12.9. The second-order valence-electron chi connectivity index (χ2n) is 5.84. The molecule has 1 unspecified atom stereocenters. The van der Waals surface area contributed by atoms with Gasteiger partial charge in [0.2, 0.25) is 0 Å². The minimum Gasteiger partial charge on any atom is -0.508 e. The standard InChI is InChI=1S/C19H19F3N2O4/c1-12(28-14-8-6-13(25)7-9-14)17(26)23-10-11-24-18(27)15-4-2-3-5-16(15)19(20,21)22/h2-9,12,25H,10-11H2,1H3,(H,23,26)(H,24,27). The molecule has 6 nitrogen and oxygen atoms in total. The number of phenols is 1. The molecular weight excluding hydrogens is 377 g/mol. The summed E-state index contributed by atoms with van der Waals surface area (Å²) in [6.45, 7) is 1.48. The highest BCUT2D eigenvalue weighted by atomic mass is 19.4. The van der Waals surface area contributed by atoms with Crippen LogP contribution in [0.5, 0.6) is 11.5 Å². The molecule has 0 aliphatic rings. The number of ether oxygens (including phenoxy) is 1. The van der Waals surface area contributed by atoms with Crippen molar-refractivity contribution in [2.24, 2.45) is 0 Å². The topological polar surface area (TPSA) is 87.7 Å². The number of benzene rings is 2. The number of aromatic hydroxyl groups is 1. The van der Waals surface area contributed by atoms with E-state index in [0.717, 1.165) is 12.1 Å². The number of rotatable bonds is 7. The van der Waals surface area contributed by atoms with Crippen LogP contribution in [0.15, 0.2) is 48.5 Å². The van der Waals surface area contributed by atoms with Crippen molar-refractivity contribution in [3.63, 3.8) is 0 Å². The third kappa shape index (κ3) is 5.90. The number of hydrogen-bond donors (Lipinski definition) is 3. The summed E-state index contributed by atoms with van der Waals surface area (Å²) in [5.74, 6) is -0.890. The van der Waals surface area contributed by atoms with Crippen LogP contribution in [0.25, 0.3) is 0 Å². The van der Waals surface area contributed by atoms with Crippen molar-refractivity contribution in [2.45, 2.75) is 19.2 Å². The van der Waals surface area contributed by atoms with Crippen molar-refractivity contribution in [3.05, 3.63) is 59.7 Å². The van der Waals surface area contributed by atoms with Gasteiger partial charge < -0.3 is 20.5 Å². The Balaban J connectivity index is 1.80. The van der Waals surface area contributed by atoms with Gasteiger partial charge in [-0.1, -0.05) is 12.1 Å². The van der Waals surface area contributed by atoms with Gasteiger partial charge in [0.05, 0.1) is 11.1 Å². The first-order chi connectivity index (χ1) is 13.2. The average molecular weight is 396 g/mol. The van der Waals surface area contributed by atoms with Gasteiger partial charge in [0.1, 0.15) is 11.5 Å².